The quantitative estimate of drug-likeness (QED) is 0.113. The molecule has 0 spiro atoms. The second-order valence-corrected chi connectivity index (χ2v) is 25.5. The maximum atomic E-state index is 15.1. The molecule has 0 aromatic rings. The van der Waals surface area contributed by atoms with Crippen LogP contribution in [0.4, 0.5) is 0 Å². The van der Waals surface area contributed by atoms with E-state index in [1.54, 1.807) is 60.6 Å². The van der Waals surface area contributed by atoms with E-state index in [4.69, 9.17) is 0 Å². The molecule has 24 nitrogen and oxygen atoms in total. The smallest absolute Gasteiger partial charge is 0.246 e. The van der Waals surface area contributed by atoms with Gasteiger partial charge in [0.15, 0.2) is 0 Å². The summed E-state index contributed by atoms with van der Waals surface area (Å²) in [6.07, 6.45) is -1.70. The van der Waals surface area contributed by atoms with Crippen molar-refractivity contribution in [3.8, 4) is 0 Å². The highest BCUT2D eigenvalue weighted by Gasteiger charge is 2.46. The minimum Gasteiger partial charge on any atom is -0.391 e. The molecule has 1 aliphatic rings. The Labute approximate surface area is 502 Å². The molecule has 0 bridgehead atoms. The Morgan fingerprint density at radius 3 is 1.55 bits per heavy atom. The van der Waals surface area contributed by atoms with Crippen molar-refractivity contribution in [2.75, 3.05) is 55.9 Å². The zero-order valence-corrected chi connectivity index (χ0v) is 55.0. The van der Waals surface area contributed by atoms with Gasteiger partial charge in [0.1, 0.15) is 48.7 Å². The number of nitrogens with zero attached hydrogens (tertiary/aromatic N) is 7. The van der Waals surface area contributed by atoms with Crippen LogP contribution in [0.2, 0.25) is 0 Å². The molecule has 0 aliphatic carbocycles. The number of aliphatic hydroxyl groups is 4. The Bertz CT molecular complexity index is 2210. The molecule has 0 aromatic heterocycles. The van der Waals surface area contributed by atoms with Gasteiger partial charge in [-0.05, 0) is 102 Å². The van der Waals surface area contributed by atoms with E-state index in [2.05, 4.69) is 21.3 Å². The zero-order chi connectivity index (χ0) is 65.3. The number of nitrogens with one attached hydrogen (secondary N) is 4. The fourth-order valence-corrected chi connectivity index (χ4v) is 10.9. The van der Waals surface area contributed by atoms with Crippen molar-refractivity contribution >= 4 is 53.2 Å². The number of carbonyl (C=O) groups is 9. The fourth-order valence-electron chi connectivity index (χ4n) is 10.9. The van der Waals surface area contributed by atoms with E-state index in [0.717, 1.165) is 14.7 Å². The first-order chi connectivity index (χ1) is 38.7. The van der Waals surface area contributed by atoms with Gasteiger partial charge in [0.05, 0.1) is 42.9 Å². The fraction of sp³-hybridized carbons (Fsp3) is 0.817. The molecule has 0 aromatic carbocycles. The largest absolute Gasteiger partial charge is 0.391 e. The Hall–Kier alpha value is -5.27. The maximum absolute atomic E-state index is 15.1. The lowest BCUT2D eigenvalue weighted by Crippen LogP contribution is -2.64. The number of allylic oxidation sites excluding steroid dienone is 2. The molecule has 1 saturated heterocycles. The first kappa shape index (κ1) is 76.7. The molecule has 84 heavy (non-hydrogen) atoms. The minimum absolute atomic E-state index is 0.00724. The predicted octanol–water partition coefficient (Wildman–Crippen LogP) is 1.19. The van der Waals surface area contributed by atoms with E-state index in [0.29, 0.717) is 6.42 Å². The summed E-state index contributed by atoms with van der Waals surface area (Å²) in [6, 6.07) is -12.3. The highest BCUT2D eigenvalue weighted by molar-refractivity contribution is 5.96. The number of aliphatic hydroxyl groups excluding tert-OH is 4. The van der Waals surface area contributed by atoms with Crippen LogP contribution >= 0.6 is 0 Å². The van der Waals surface area contributed by atoms with Crippen LogP contribution in [0.3, 0.4) is 0 Å². The van der Waals surface area contributed by atoms with E-state index in [9.17, 15) is 58.8 Å². The monoisotopic (exact) mass is 1190 g/mol. The van der Waals surface area contributed by atoms with Crippen LogP contribution in [0.5, 0.6) is 0 Å². The van der Waals surface area contributed by atoms with Gasteiger partial charge in [-0.1, -0.05) is 95.2 Å². The first-order valence-electron chi connectivity index (χ1n) is 30.0. The second-order valence-electron chi connectivity index (χ2n) is 25.5. The third-order valence-corrected chi connectivity index (χ3v) is 16.1. The molecule has 24 heteroatoms. The summed E-state index contributed by atoms with van der Waals surface area (Å²) in [5, 5.41) is 58.4. The van der Waals surface area contributed by atoms with Crippen molar-refractivity contribution in [3.05, 3.63) is 12.2 Å². The van der Waals surface area contributed by atoms with Gasteiger partial charge in [0, 0.05) is 42.3 Å². The van der Waals surface area contributed by atoms with Gasteiger partial charge < -0.3 is 65.8 Å². The number of rotatable bonds is 14. The Kier molecular flexibility index (Phi) is 31.8. The predicted molar refractivity (Wildman–Crippen MR) is 323 cm³/mol. The summed E-state index contributed by atoms with van der Waals surface area (Å²) < 4.78 is 0. The van der Waals surface area contributed by atoms with Crippen LogP contribution in [0, 0.1) is 35.5 Å². The summed E-state index contributed by atoms with van der Waals surface area (Å²) in [4.78, 5) is 139. The molecule has 15 atom stereocenters. The summed E-state index contributed by atoms with van der Waals surface area (Å²) in [5.74, 6) is -8.27. The standard InChI is InChI=1S/C60H111N11O13/c1-24-26-27-37(13)50(74)49-54(78)63-41(25-2)56(80)65(17)31-45(73)69(21)48(40(16)72)53(77)64-46(35(9)10)59(83)66(18)42(28-32(3)4)52(76)61-38(14)51(75)62-39(15)55(79)67(19)43(29-33(5)6)57(81)68(20)44(30-34(7)8)58(82)70(22)47(36(11)12)60(84)71(49)23/h24,26,32-44,46-50,53,58,64,72,74,77,82H,25,27-31H2,1-23H3,(H,61,76)(H,62,75)(H,63,78)/b26-24+/t37-,38+,39-,40-,41+,42+,43+,44-,46+,47+,48+,49+,50-,53?,58?/m1/s1. The summed E-state index contributed by atoms with van der Waals surface area (Å²) in [7, 11) is 9.92. The van der Waals surface area contributed by atoms with Gasteiger partial charge in [-0.2, -0.15) is 0 Å². The highest BCUT2D eigenvalue weighted by atomic mass is 16.3. The molecule has 1 fully saturated rings. The molecule has 9 amide bonds. The van der Waals surface area contributed by atoms with Crippen LogP contribution < -0.4 is 21.3 Å². The average molecular weight is 1190 g/mol. The van der Waals surface area contributed by atoms with Crippen molar-refractivity contribution in [1.29, 1.82) is 0 Å². The van der Waals surface area contributed by atoms with Gasteiger partial charge in [0.25, 0.3) is 0 Å². The number of likely N-dealkylation sites (N-methyl/N-ethyl adjacent to an activating group) is 7. The van der Waals surface area contributed by atoms with E-state index < -0.39 is 163 Å². The van der Waals surface area contributed by atoms with Gasteiger partial charge in [-0.3, -0.25) is 53.4 Å². The van der Waals surface area contributed by atoms with Crippen LogP contribution in [-0.4, -0.2) is 249 Å². The van der Waals surface area contributed by atoms with E-state index in [1.165, 1.54) is 89.7 Å². The van der Waals surface area contributed by atoms with Gasteiger partial charge in [0.2, 0.25) is 53.2 Å². The molecule has 0 radical (unpaired) electrons. The molecule has 8 N–H and O–H groups in total. The number of amides is 9. The van der Waals surface area contributed by atoms with Crippen molar-refractivity contribution in [3.63, 3.8) is 0 Å². The van der Waals surface area contributed by atoms with Crippen molar-refractivity contribution < 1.29 is 63.6 Å². The number of hydrogen-bond donors (Lipinski definition) is 8. The average Bonchev–Trinajstić information content (AvgIpc) is 3.42. The molecule has 0 saturated carbocycles. The zero-order valence-electron chi connectivity index (χ0n) is 55.0. The van der Waals surface area contributed by atoms with Crippen LogP contribution in [0.15, 0.2) is 12.2 Å². The Balaban J connectivity index is 4.29. The van der Waals surface area contributed by atoms with Gasteiger partial charge in [-0.25, -0.2) is 0 Å². The lowest BCUT2D eigenvalue weighted by atomic mass is 9.91. The Morgan fingerprint density at radius 1 is 0.560 bits per heavy atom. The molecule has 484 valence electrons. The minimum atomic E-state index is -1.76. The highest BCUT2D eigenvalue weighted by Crippen LogP contribution is 2.27. The molecule has 1 rings (SSSR count). The lowest BCUT2D eigenvalue weighted by Gasteiger charge is -2.44. The Morgan fingerprint density at radius 2 is 1.07 bits per heavy atom. The topological polar surface area (TPSA) is 305 Å². The van der Waals surface area contributed by atoms with Crippen molar-refractivity contribution in [2.24, 2.45) is 35.5 Å². The van der Waals surface area contributed by atoms with E-state index in [1.807, 2.05) is 41.5 Å². The molecule has 2 unspecified atom stereocenters. The molecular weight excluding hydrogens is 1080 g/mol. The molecule has 1 aliphatic heterocycles. The van der Waals surface area contributed by atoms with Gasteiger partial charge >= 0.3 is 0 Å². The maximum Gasteiger partial charge on any atom is 0.246 e. The number of hydrogen-bond acceptors (Lipinski definition) is 15. The molecule has 1 heterocycles. The SMILES string of the molecule is C/C=C/C[C@@H](C)[C@@H](O)[C@H]1C(=O)N[C@@H](CC)C(=O)N(C)CC(=O)N(C)[C@@H]([C@@H](C)O)C(O)N[C@@H](C(C)C)C(=O)N(C)[C@@H](CC(C)C)C(=O)N[C@@H](C)C(=O)N[C@H](C)C(=O)N(C)[C@@H](CC(C)C)C(=O)N(C)[C@H](CC(C)C)C(O)N(C)[C@@H](C(C)C)C(=O)N1C. The summed E-state index contributed by atoms with van der Waals surface area (Å²) >= 11 is 0. The normalized spacial score (nSPS) is 29.5. The van der Waals surface area contributed by atoms with E-state index in [-0.39, 0.29) is 43.4 Å². The van der Waals surface area contributed by atoms with Crippen LogP contribution in [0.25, 0.3) is 0 Å². The van der Waals surface area contributed by atoms with Crippen LogP contribution in [-0.2, 0) is 43.2 Å². The summed E-state index contributed by atoms with van der Waals surface area (Å²) in [5.41, 5.74) is 0. The first-order valence-corrected chi connectivity index (χ1v) is 30.0. The van der Waals surface area contributed by atoms with Crippen LogP contribution in [0.1, 0.15) is 143 Å². The van der Waals surface area contributed by atoms with Crippen molar-refractivity contribution in [1.82, 2.24) is 55.6 Å². The number of carbonyl (C=O) groups excluding carboxylic acids is 9. The van der Waals surface area contributed by atoms with E-state index >= 15 is 4.79 Å². The summed E-state index contributed by atoms with van der Waals surface area (Å²) in [6.45, 7) is 26.9. The second kappa shape index (κ2) is 34.8. The van der Waals surface area contributed by atoms with Crippen molar-refractivity contribution in [2.45, 2.75) is 228 Å². The third kappa shape index (κ3) is 21.0. The third-order valence-electron chi connectivity index (χ3n) is 16.1. The van der Waals surface area contributed by atoms with Gasteiger partial charge in [-0.15, -0.1) is 0 Å². The molecular formula is C60H111N11O13. The lowest BCUT2D eigenvalue weighted by molar-refractivity contribution is -0.159.